The lowest BCUT2D eigenvalue weighted by atomic mass is 9.84. The quantitative estimate of drug-likeness (QED) is 0.782. The molecule has 20 heavy (non-hydrogen) atoms. The van der Waals surface area contributed by atoms with Crippen LogP contribution in [0, 0.1) is 5.92 Å². The Hall–Kier alpha value is -0.120. The molecule has 2 bridgehead atoms. The minimum Gasteiger partial charge on any atom is -0.301 e. The highest BCUT2D eigenvalue weighted by Crippen LogP contribution is 2.35. The van der Waals surface area contributed by atoms with E-state index in [2.05, 4.69) is 42.4 Å². The van der Waals surface area contributed by atoms with Gasteiger partial charge < -0.3 is 4.90 Å². The van der Waals surface area contributed by atoms with Crippen LogP contribution in [0.2, 0.25) is 0 Å². The van der Waals surface area contributed by atoms with Crippen LogP contribution in [-0.4, -0.2) is 71.6 Å². The summed E-state index contributed by atoms with van der Waals surface area (Å²) >= 11 is 0. The molecule has 3 rings (SSSR count). The van der Waals surface area contributed by atoms with Gasteiger partial charge in [-0.3, -0.25) is 9.80 Å². The van der Waals surface area contributed by atoms with Gasteiger partial charge in [0.1, 0.15) is 0 Å². The lowest BCUT2D eigenvalue weighted by molar-refractivity contribution is -0.0888. The van der Waals surface area contributed by atoms with Crippen molar-refractivity contribution in [3.05, 3.63) is 0 Å². The molecule has 3 nitrogen and oxygen atoms in total. The second-order valence-electron chi connectivity index (χ2n) is 7.86. The highest BCUT2D eigenvalue weighted by molar-refractivity contribution is 5.02. The molecule has 2 unspecified atom stereocenters. The third-order valence-electron chi connectivity index (χ3n) is 5.95. The van der Waals surface area contributed by atoms with Crippen LogP contribution in [0.1, 0.15) is 47.0 Å². The van der Waals surface area contributed by atoms with Gasteiger partial charge in [-0.25, -0.2) is 0 Å². The fraction of sp³-hybridized carbons (Fsp3) is 1.00. The SMILES string of the molecule is CC(C)N1CCC(CN2C3CC2CN(C(C)C)C3)CC1. The van der Waals surface area contributed by atoms with Gasteiger partial charge >= 0.3 is 0 Å². The molecule has 3 heteroatoms. The average molecular weight is 279 g/mol. The zero-order valence-electron chi connectivity index (χ0n) is 13.9. The first-order valence-corrected chi connectivity index (χ1v) is 8.78. The molecule has 0 aliphatic carbocycles. The Kier molecular flexibility index (Phi) is 4.40. The number of piperazine rings is 1. The lowest BCUT2D eigenvalue weighted by Gasteiger charge is -2.58. The summed E-state index contributed by atoms with van der Waals surface area (Å²) in [5.74, 6) is 0.959. The summed E-state index contributed by atoms with van der Waals surface area (Å²) in [4.78, 5) is 8.17. The number of fused-ring (bicyclic) bond motifs is 2. The summed E-state index contributed by atoms with van der Waals surface area (Å²) in [5.41, 5.74) is 0. The molecule has 3 heterocycles. The number of nitrogens with zero attached hydrogens (tertiary/aromatic N) is 3. The van der Waals surface area contributed by atoms with E-state index in [1.165, 1.54) is 52.0 Å². The second-order valence-corrected chi connectivity index (χ2v) is 7.86. The minimum atomic E-state index is 0.733. The van der Waals surface area contributed by atoms with Crippen molar-refractivity contribution in [3.8, 4) is 0 Å². The highest BCUT2D eigenvalue weighted by Gasteiger charge is 2.45. The average Bonchev–Trinajstić information content (AvgIpc) is 2.45. The van der Waals surface area contributed by atoms with Crippen LogP contribution in [0.3, 0.4) is 0 Å². The third kappa shape index (κ3) is 2.90. The first kappa shape index (κ1) is 14.8. The topological polar surface area (TPSA) is 9.72 Å². The minimum absolute atomic E-state index is 0.733. The molecule has 0 radical (unpaired) electrons. The Morgan fingerprint density at radius 3 is 1.90 bits per heavy atom. The summed E-state index contributed by atoms with van der Waals surface area (Å²) in [6.45, 7) is 16.0. The lowest BCUT2D eigenvalue weighted by Crippen LogP contribution is -2.70. The summed E-state index contributed by atoms with van der Waals surface area (Å²) < 4.78 is 0. The molecule has 0 amide bonds. The smallest absolute Gasteiger partial charge is 0.0242 e. The van der Waals surface area contributed by atoms with Crippen molar-refractivity contribution in [2.24, 2.45) is 5.92 Å². The Bertz CT molecular complexity index is 308. The van der Waals surface area contributed by atoms with Crippen LogP contribution in [0.5, 0.6) is 0 Å². The maximum absolute atomic E-state index is 2.84. The zero-order valence-corrected chi connectivity index (χ0v) is 13.9. The predicted molar refractivity (Wildman–Crippen MR) is 85.0 cm³/mol. The van der Waals surface area contributed by atoms with Crippen molar-refractivity contribution in [2.45, 2.75) is 71.1 Å². The molecule has 3 aliphatic rings. The molecule has 0 aromatic rings. The number of piperidine rings is 2. The normalized spacial score (nSPS) is 33.9. The highest BCUT2D eigenvalue weighted by atomic mass is 15.4. The molecular weight excluding hydrogens is 246 g/mol. The monoisotopic (exact) mass is 279 g/mol. The van der Waals surface area contributed by atoms with Crippen LogP contribution in [0.15, 0.2) is 0 Å². The van der Waals surface area contributed by atoms with E-state index in [4.69, 9.17) is 0 Å². The maximum Gasteiger partial charge on any atom is 0.0242 e. The first-order valence-electron chi connectivity index (χ1n) is 8.78. The molecule has 0 N–H and O–H groups in total. The molecule has 116 valence electrons. The van der Waals surface area contributed by atoms with Gasteiger partial charge in [-0.2, -0.15) is 0 Å². The van der Waals surface area contributed by atoms with Gasteiger partial charge in [0.2, 0.25) is 0 Å². The van der Waals surface area contributed by atoms with Crippen LogP contribution < -0.4 is 0 Å². The first-order chi connectivity index (χ1) is 9.54. The van der Waals surface area contributed by atoms with Gasteiger partial charge in [-0.1, -0.05) is 0 Å². The van der Waals surface area contributed by atoms with E-state index in [1.807, 2.05) is 0 Å². The van der Waals surface area contributed by atoms with Crippen molar-refractivity contribution < 1.29 is 0 Å². The fourth-order valence-electron chi connectivity index (χ4n) is 4.39. The third-order valence-corrected chi connectivity index (χ3v) is 5.95. The van der Waals surface area contributed by atoms with Crippen LogP contribution >= 0.6 is 0 Å². The maximum atomic E-state index is 2.84. The zero-order chi connectivity index (χ0) is 14.3. The van der Waals surface area contributed by atoms with E-state index in [0.29, 0.717) is 0 Å². The molecule has 2 atom stereocenters. The van der Waals surface area contributed by atoms with Gasteiger partial charge in [0, 0.05) is 43.8 Å². The molecule has 0 saturated carbocycles. The summed E-state index contributed by atoms with van der Waals surface area (Å²) in [6.07, 6.45) is 4.30. The van der Waals surface area contributed by atoms with E-state index in [9.17, 15) is 0 Å². The van der Waals surface area contributed by atoms with E-state index in [-0.39, 0.29) is 0 Å². The number of hydrogen-bond acceptors (Lipinski definition) is 3. The predicted octanol–water partition coefficient (Wildman–Crippen LogP) is 2.27. The Balaban J connectivity index is 1.45. The van der Waals surface area contributed by atoms with Gasteiger partial charge in [0.05, 0.1) is 0 Å². The van der Waals surface area contributed by atoms with Crippen LogP contribution in [0.4, 0.5) is 0 Å². The molecular formula is C17H33N3. The van der Waals surface area contributed by atoms with E-state index in [0.717, 1.165) is 30.1 Å². The van der Waals surface area contributed by atoms with Crippen molar-refractivity contribution in [1.29, 1.82) is 0 Å². The largest absolute Gasteiger partial charge is 0.301 e. The molecule has 0 aromatic heterocycles. The standard InChI is InChI=1S/C17H33N3/c1-13(2)18-7-5-15(6-8-18)10-20-16-9-17(20)12-19(11-16)14(3)4/h13-17H,5-12H2,1-4H3. The summed E-state index contributed by atoms with van der Waals surface area (Å²) in [7, 11) is 0. The van der Waals surface area contributed by atoms with Crippen LogP contribution in [0.25, 0.3) is 0 Å². The number of hydrogen-bond donors (Lipinski definition) is 0. The fourth-order valence-corrected chi connectivity index (χ4v) is 4.39. The molecule has 3 fully saturated rings. The van der Waals surface area contributed by atoms with Gasteiger partial charge in [-0.15, -0.1) is 0 Å². The summed E-state index contributed by atoms with van der Waals surface area (Å²) in [5, 5.41) is 0. The van der Waals surface area contributed by atoms with Gasteiger partial charge in [0.15, 0.2) is 0 Å². The second kappa shape index (κ2) is 5.94. The van der Waals surface area contributed by atoms with Crippen molar-refractivity contribution in [3.63, 3.8) is 0 Å². The van der Waals surface area contributed by atoms with Gasteiger partial charge in [-0.05, 0) is 66.0 Å². The number of rotatable bonds is 4. The Morgan fingerprint density at radius 2 is 1.40 bits per heavy atom. The molecule has 0 spiro atoms. The summed E-state index contributed by atoms with van der Waals surface area (Å²) in [6, 6.07) is 3.22. The van der Waals surface area contributed by atoms with Crippen molar-refractivity contribution >= 4 is 0 Å². The van der Waals surface area contributed by atoms with Crippen molar-refractivity contribution in [1.82, 2.24) is 14.7 Å². The van der Waals surface area contributed by atoms with Crippen molar-refractivity contribution in [2.75, 3.05) is 32.7 Å². The Morgan fingerprint density at radius 1 is 0.850 bits per heavy atom. The van der Waals surface area contributed by atoms with Gasteiger partial charge in [0.25, 0.3) is 0 Å². The van der Waals surface area contributed by atoms with E-state index < -0.39 is 0 Å². The van der Waals surface area contributed by atoms with Crippen LogP contribution in [-0.2, 0) is 0 Å². The van der Waals surface area contributed by atoms with E-state index >= 15 is 0 Å². The Labute approximate surface area is 125 Å². The van der Waals surface area contributed by atoms with E-state index in [1.54, 1.807) is 0 Å². The molecule has 3 aliphatic heterocycles. The number of likely N-dealkylation sites (tertiary alicyclic amines) is 3. The molecule has 3 saturated heterocycles. The molecule has 0 aromatic carbocycles.